The van der Waals surface area contributed by atoms with Crippen molar-refractivity contribution in [3.63, 3.8) is 0 Å². The van der Waals surface area contributed by atoms with Crippen molar-refractivity contribution in [1.82, 2.24) is 0 Å². The van der Waals surface area contributed by atoms with E-state index < -0.39 is 5.41 Å². The standard InChI is InChI=1S/C77H59NO2/c1-44-38-45(2)40-48(39-44)58-43-62-65(67-56-27-16-19-32-63(56)79-73(58)67)54-36-34-49(41-60(54)75(62,3)4)78(72-51(46-22-11-9-12-23-46)29-21-30-52(72)47-24-13-10-14-25-47)50-35-37-55-61(42-50)77(7,8)70-66(55)68-57-28-17-20-33-64(57)80-74(68)69-53-26-15-18-31-59(53)76(5,6)71(69)70/h9-43H,1-8H3. The Labute approximate surface area is 467 Å². The molecule has 0 saturated carbocycles. The van der Waals surface area contributed by atoms with E-state index in [-0.39, 0.29) is 10.8 Å². The summed E-state index contributed by atoms with van der Waals surface area (Å²) in [7, 11) is 0. The smallest absolute Gasteiger partial charge is 0.144 e. The summed E-state index contributed by atoms with van der Waals surface area (Å²) in [6.45, 7) is 19.0. The molecule has 0 saturated heterocycles. The van der Waals surface area contributed by atoms with Gasteiger partial charge in [0, 0.05) is 71.4 Å². The third-order valence-electron chi connectivity index (χ3n) is 18.6. The first-order valence-corrected chi connectivity index (χ1v) is 28.3. The second-order valence-corrected chi connectivity index (χ2v) is 24.5. The number of para-hydroxylation sites is 3. The number of anilines is 3. The number of nitrogens with zero attached hydrogens (tertiary/aromatic N) is 1. The molecule has 0 bridgehead atoms. The van der Waals surface area contributed by atoms with Crippen LogP contribution in [-0.4, -0.2) is 0 Å². The van der Waals surface area contributed by atoms with Crippen LogP contribution in [0, 0.1) is 13.8 Å². The zero-order valence-electron chi connectivity index (χ0n) is 46.5. The first-order valence-electron chi connectivity index (χ1n) is 28.3. The van der Waals surface area contributed by atoms with Gasteiger partial charge in [0.2, 0.25) is 0 Å². The quantitative estimate of drug-likeness (QED) is 0.166. The van der Waals surface area contributed by atoms with Crippen LogP contribution in [0.1, 0.15) is 86.1 Å². The Morgan fingerprint density at radius 1 is 0.325 bits per heavy atom. The SMILES string of the molecule is Cc1cc(C)cc(-c2cc3c(c4c2oc2ccccc24)-c2ccc(N(c4ccc5c(c4)C(C)(C)c4c6c(c7oc8ccccc8c7c4-5)-c4ccccc4C6(C)C)c4c(-c5ccccc5)cccc4-c4ccccc4)cc2C3(C)C)c1. The highest BCUT2D eigenvalue weighted by atomic mass is 16.3. The van der Waals surface area contributed by atoms with Crippen LogP contribution >= 0.6 is 0 Å². The molecule has 2 aromatic heterocycles. The predicted molar refractivity (Wildman–Crippen MR) is 334 cm³/mol. The van der Waals surface area contributed by atoms with Gasteiger partial charge in [0.25, 0.3) is 0 Å². The van der Waals surface area contributed by atoms with Crippen molar-refractivity contribution in [1.29, 1.82) is 0 Å². The lowest BCUT2D eigenvalue weighted by Crippen LogP contribution is -2.24. The lowest BCUT2D eigenvalue weighted by atomic mass is 9.72. The minimum absolute atomic E-state index is 0.264. The maximum atomic E-state index is 7.08. The second kappa shape index (κ2) is 16.4. The minimum Gasteiger partial charge on any atom is -0.455 e. The van der Waals surface area contributed by atoms with Crippen LogP contribution in [0.4, 0.5) is 17.1 Å². The van der Waals surface area contributed by atoms with E-state index in [1.165, 1.54) is 94.2 Å². The average molecular weight is 1030 g/mol. The van der Waals surface area contributed by atoms with Crippen LogP contribution in [0.2, 0.25) is 0 Å². The van der Waals surface area contributed by atoms with Crippen molar-refractivity contribution in [2.75, 3.05) is 4.90 Å². The van der Waals surface area contributed by atoms with E-state index in [0.29, 0.717) is 0 Å². The van der Waals surface area contributed by atoms with Crippen LogP contribution in [0.3, 0.4) is 0 Å². The van der Waals surface area contributed by atoms with Crippen LogP contribution in [0.25, 0.3) is 111 Å². The molecule has 16 rings (SSSR count). The molecular weight excluding hydrogens is 971 g/mol. The number of aryl methyl sites for hydroxylation is 2. The fourth-order valence-corrected chi connectivity index (χ4v) is 15.1. The third kappa shape index (κ3) is 6.32. The molecule has 0 spiro atoms. The van der Waals surface area contributed by atoms with Gasteiger partial charge in [0.1, 0.15) is 22.3 Å². The first kappa shape index (κ1) is 46.9. The Bertz CT molecular complexity index is 4730. The molecule has 0 aliphatic heterocycles. The molecule has 384 valence electrons. The first-order chi connectivity index (χ1) is 38.8. The second-order valence-electron chi connectivity index (χ2n) is 24.5. The normalized spacial score (nSPS) is 14.8. The zero-order chi connectivity index (χ0) is 54.1. The summed E-state index contributed by atoms with van der Waals surface area (Å²) in [6.07, 6.45) is 0. The molecule has 2 heterocycles. The summed E-state index contributed by atoms with van der Waals surface area (Å²) in [5.74, 6) is 0. The van der Waals surface area contributed by atoms with Gasteiger partial charge in [0.15, 0.2) is 0 Å². The highest BCUT2D eigenvalue weighted by molar-refractivity contribution is 6.22. The molecule has 13 aromatic rings. The van der Waals surface area contributed by atoms with Crippen LogP contribution in [-0.2, 0) is 16.2 Å². The van der Waals surface area contributed by atoms with Gasteiger partial charge in [-0.1, -0.05) is 223 Å². The van der Waals surface area contributed by atoms with Crippen molar-refractivity contribution in [2.24, 2.45) is 0 Å². The van der Waals surface area contributed by atoms with Gasteiger partial charge in [-0.15, -0.1) is 0 Å². The van der Waals surface area contributed by atoms with Gasteiger partial charge >= 0.3 is 0 Å². The van der Waals surface area contributed by atoms with Gasteiger partial charge in [-0.25, -0.2) is 0 Å². The summed E-state index contributed by atoms with van der Waals surface area (Å²) in [5, 5.41) is 4.69. The van der Waals surface area contributed by atoms with E-state index in [2.05, 4.69) is 273 Å². The monoisotopic (exact) mass is 1030 g/mol. The number of hydrogen-bond acceptors (Lipinski definition) is 3. The van der Waals surface area contributed by atoms with Crippen molar-refractivity contribution >= 4 is 60.9 Å². The average Bonchev–Trinajstić information content (AvgIpc) is 3.75. The zero-order valence-corrected chi connectivity index (χ0v) is 46.5. The maximum Gasteiger partial charge on any atom is 0.144 e. The summed E-state index contributed by atoms with van der Waals surface area (Å²) < 4.78 is 14.1. The fraction of sp³-hybridized carbons (Fsp3) is 0.143. The molecular formula is C77H59NO2. The molecule has 0 fully saturated rings. The molecule has 0 N–H and O–H groups in total. The Kier molecular flexibility index (Phi) is 9.63. The van der Waals surface area contributed by atoms with E-state index in [1.807, 2.05) is 0 Å². The Morgan fingerprint density at radius 2 is 0.800 bits per heavy atom. The Morgan fingerprint density at radius 3 is 1.43 bits per heavy atom. The van der Waals surface area contributed by atoms with Crippen LogP contribution < -0.4 is 4.90 Å². The molecule has 3 aliphatic rings. The summed E-state index contributed by atoms with van der Waals surface area (Å²) in [4.78, 5) is 2.58. The van der Waals surface area contributed by atoms with Gasteiger partial charge < -0.3 is 13.7 Å². The molecule has 0 atom stereocenters. The molecule has 80 heavy (non-hydrogen) atoms. The maximum absolute atomic E-state index is 7.08. The highest BCUT2D eigenvalue weighted by Gasteiger charge is 2.49. The number of hydrogen-bond donors (Lipinski definition) is 0. The lowest BCUT2D eigenvalue weighted by molar-refractivity contribution is 0.600. The molecule has 11 aromatic carbocycles. The topological polar surface area (TPSA) is 29.5 Å². The third-order valence-corrected chi connectivity index (χ3v) is 18.6. The van der Waals surface area contributed by atoms with Gasteiger partial charge in [-0.2, -0.15) is 0 Å². The van der Waals surface area contributed by atoms with E-state index in [4.69, 9.17) is 8.83 Å². The van der Waals surface area contributed by atoms with Crippen molar-refractivity contribution in [2.45, 2.75) is 71.6 Å². The van der Waals surface area contributed by atoms with E-state index in [1.54, 1.807) is 0 Å². The number of benzene rings is 11. The van der Waals surface area contributed by atoms with E-state index in [0.717, 1.165) is 78.0 Å². The summed E-state index contributed by atoms with van der Waals surface area (Å²) in [6, 6.07) is 79.0. The highest BCUT2D eigenvalue weighted by Crippen LogP contribution is 2.64. The number of fused-ring (bicyclic) bond motifs is 19. The molecule has 0 unspecified atom stereocenters. The van der Waals surface area contributed by atoms with Crippen molar-refractivity contribution in [3.8, 4) is 66.8 Å². The predicted octanol–water partition coefficient (Wildman–Crippen LogP) is 21.5. The van der Waals surface area contributed by atoms with Crippen LogP contribution in [0.15, 0.2) is 221 Å². The van der Waals surface area contributed by atoms with Crippen LogP contribution in [0.5, 0.6) is 0 Å². The molecule has 0 radical (unpaired) electrons. The molecule has 3 nitrogen and oxygen atoms in total. The van der Waals surface area contributed by atoms with Gasteiger partial charge in [-0.3, -0.25) is 0 Å². The summed E-state index contributed by atoms with van der Waals surface area (Å²) in [5.41, 5.74) is 31.1. The number of furan rings is 2. The lowest BCUT2D eigenvalue weighted by Gasteiger charge is -2.33. The van der Waals surface area contributed by atoms with Crippen molar-refractivity contribution in [3.05, 3.63) is 257 Å². The van der Waals surface area contributed by atoms with Crippen molar-refractivity contribution < 1.29 is 8.83 Å². The molecule has 0 amide bonds. The minimum atomic E-state index is -0.392. The molecule has 3 heteroatoms. The Balaban J connectivity index is 0.974. The fourth-order valence-electron chi connectivity index (χ4n) is 15.1. The van der Waals surface area contributed by atoms with E-state index >= 15 is 0 Å². The molecule has 3 aliphatic carbocycles. The van der Waals surface area contributed by atoms with E-state index in [9.17, 15) is 0 Å². The van der Waals surface area contributed by atoms with Gasteiger partial charge in [-0.05, 0) is 134 Å². The Hall–Kier alpha value is -9.18. The number of rotatable bonds is 6. The summed E-state index contributed by atoms with van der Waals surface area (Å²) >= 11 is 0. The van der Waals surface area contributed by atoms with Gasteiger partial charge in [0.05, 0.1) is 5.69 Å². The largest absolute Gasteiger partial charge is 0.455 e.